The zero-order valence-corrected chi connectivity index (χ0v) is 14.4. The molecule has 0 aliphatic carbocycles. The van der Waals surface area contributed by atoms with Crippen molar-refractivity contribution in [3.63, 3.8) is 0 Å². The number of ketones is 1. The molecule has 0 fully saturated rings. The summed E-state index contributed by atoms with van der Waals surface area (Å²) in [5.74, 6) is 0.161. The number of allylic oxidation sites excluding steroid dienone is 1. The maximum absolute atomic E-state index is 12.4. The summed E-state index contributed by atoms with van der Waals surface area (Å²) in [4.78, 5) is 23.8. The van der Waals surface area contributed by atoms with Crippen LogP contribution in [-0.2, 0) is 16.1 Å². The number of carbonyl (C=O) groups is 2. The van der Waals surface area contributed by atoms with Gasteiger partial charge in [-0.15, -0.1) is 0 Å². The van der Waals surface area contributed by atoms with Gasteiger partial charge in [0.05, 0.1) is 26.4 Å². The van der Waals surface area contributed by atoms with Crippen LogP contribution in [-0.4, -0.2) is 33.1 Å². The number of hydrogen-bond donors (Lipinski definition) is 0. The Morgan fingerprint density at radius 3 is 2.24 bits per heavy atom. The number of esters is 1. The minimum Gasteiger partial charge on any atom is -0.496 e. The van der Waals surface area contributed by atoms with Gasteiger partial charge >= 0.3 is 5.97 Å². The van der Waals surface area contributed by atoms with Crippen molar-refractivity contribution in [2.24, 2.45) is 0 Å². The molecule has 2 rings (SSSR count). The van der Waals surface area contributed by atoms with Crippen molar-refractivity contribution in [2.45, 2.75) is 6.61 Å². The highest BCUT2D eigenvalue weighted by atomic mass is 16.5. The van der Waals surface area contributed by atoms with Crippen LogP contribution in [0.1, 0.15) is 31.8 Å². The van der Waals surface area contributed by atoms with E-state index in [2.05, 4.69) is 4.74 Å². The summed E-state index contributed by atoms with van der Waals surface area (Å²) in [5.41, 5.74) is 2.64. The summed E-state index contributed by atoms with van der Waals surface area (Å²) in [7, 11) is 4.50. The van der Waals surface area contributed by atoms with Crippen molar-refractivity contribution in [1.82, 2.24) is 0 Å². The first-order valence-electron chi connectivity index (χ1n) is 7.65. The highest BCUT2D eigenvalue weighted by Crippen LogP contribution is 2.21. The van der Waals surface area contributed by atoms with E-state index in [1.54, 1.807) is 62.8 Å². The topological polar surface area (TPSA) is 61.8 Å². The molecule has 0 aliphatic rings. The van der Waals surface area contributed by atoms with Gasteiger partial charge < -0.3 is 14.2 Å². The Morgan fingerprint density at radius 1 is 0.960 bits per heavy atom. The van der Waals surface area contributed by atoms with E-state index >= 15 is 0 Å². The van der Waals surface area contributed by atoms with Crippen LogP contribution in [0.4, 0.5) is 0 Å². The highest BCUT2D eigenvalue weighted by Gasteiger charge is 2.08. The molecule has 0 saturated heterocycles. The van der Waals surface area contributed by atoms with Crippen LogP contribution < -0.4 is 4.74 Å². The van der Waals surface area contributed by atoms with Gasteiger partial charge in [-0.05, 0) is 42.0 Å². The molecular weight excluding hydrogens is 320 g/mol. The molecule has 0 aromatic heterocycles. The van der Waals surface area contributed by atoms with Gasteiger partial charge in [-0.2, -0.15) is 0 Å². The molecule has 0 bridgehead atoms. The lowest BCUT2D eigenvalue weighted by Crippen LogP contribution is -2.00. The predicted molar refractivity (Wildman–Crippen MR) is 94.9 cm³/mol. The van der Waals surface area contributed by atoms with E-state index < -0.39 is 5.97 Å². The normalized spacial score (nSPS) is 10.7. The van der Waals surface area contributed by atoms with Crippen LogP contribution in [0.5, 0.6) is 5.75 Å². The summed E-state index contributed by atoms with van der Waals surface area (Å²) in [5, 5.41) is 0. The molecule has 0 radical (unpaired) electrons. The van der Waals surface area contributed by atoms with Crippen LogP contribution >= 0.6 is 0 Å². The SMILES string of the molecule is COCc1cc(C(=O)/C=C/c2ccc(C(=O)OC)cc2)ccc1OC. The lowest BCUT2D eigenvalue weighted by molar-refractivity contribution is 0.0600. The van der Waals surface area contributed by atoms with E-state index in [1.807, 2.05) is 0 Å². The van der Waals surface area contributed by atoms with E-state index in [4.69, 9.17) is 9.47 Å². The third-order valence-electron chi connectivity index (χ3n) is 3.62. The number of benzene rings is 2. The largest absolute Gasteiger partial charge is 0.496 e. The van der Waals surface area contributed by atoms with Gasteiger partial charge in [0.1, 0.15) is 5.75 Å². The van der Waals surface area contributed by atoms with E-state index in [-0.39, 0.29) is 5.78 Å². The molecular formula is C20H20O5. The second-order valence-electron chi connectivity index (χ2n) is 5.27. The van der Waals surface area contributed by atoms with Crippen LogP contribution in [0.15, 0.2) is 48.5 Å². The van der Waals surface area contributed by atoms with Gasteiger partial charge in [-0.25, -0.2) is 4.79 Å². The summed E-state index contributed by atoms with van der Waals surface area (Å²) in [6.45, 7) is 0.364. The zero-order valence-electron chi connectivity index (χ0n) is 14.4. The van der Waals surface area contributed by atoms with Crippen LogP contribution in [0.25, 0.3) is 6.08 Å². The van der Waals surface area contributed by atoms with Gasteiger partial charge in [0, 0.05) is 18.2 Å². The van der Waals surface area contributed by atoms with Gasteiger partial charge in [-0.3, -0.25) is 4.79 Å². The van der Waals surface area contributed by atoms with Crippen LogP contribution in [0.2, 0.25) is 0 Å². The van der Waals surface area contributed by atoms with Crippen molar-refractivity contribution in [2.75, 3.05) is 21.3 Å². The molecule has 25 heavy (non-hydrogen) atoms. The minimum atomic E-state index is -0.393. The molecule has 2 aromatic rings. The quantitative estimate of drug-likeness (QED) is 0.438. The molecule has 0 atom stereocenters. The fourth-order valence-corrected chi connectivity index (χ4v) is 2.32. The molecule has 0 saturated carbocycles. The molecule has 0 spiro atoms. The monoisotopic (exact) mass is 340 g/mol. The first-order valence-corrected chi connectivity index (χ1v) is 7.65. The third-order valence-corrected chi connectivity index (χ3v) is 3.62. The van der Waals surface area contributed by atoms with Crippen molar-refractivity contribution < 1.29 is 23.8 Å². The van der Waals surface area contributed by atoms with Crippen molar-refractivity contribution in [3.8, 4) is 5.75 Å². The Morgan fingerprint density at radius 2 is 1.64 bits per heavy atom. The average Bonchev–Trinajstić information content (AvgIpc) is 2.66. The van der Waals surface area contributed by atoms with Crippen molar-refractivity contribution in [1.29, 1.82) is 0 Å². The van der Waals surface area contributed by atoms with Gasteiger partial charge in [-0.1, -0.05) is 18.2 Å². The minimum absolute atomic E-state index is 0.128. The van der Waals surface area contributed by atoms with Gasteiger partial charge in [0.2, 0.25) is 0 Å². The number of rotatable bonds is 7. The average molecular weight is 340 g/mol. The highest BCUT2D eigenvalue weighted by molar-refractivity contribution is 6.07. The molecule has 0 aliphatic heterocycles. The fourth-order valence-electron chi connectivity index (χ4n) is 2.32. The Hall–Kier alpha value is -2.92. The van der Waals surface area contributed by atoms with Gasteiger partial charge in [0.25, 0.3) is 0 Å². The molecule has 5 heteroatoms. The van der Waals surface area contributed by atoms with E-state index in [0.29, 0.717) is 23.5 Å². The van der Waals surface area contributed by atoms with E-state index in [1.165, 1.54) is 13.2 Å². The molecule has 0 N–H and O–H groups in total. The Bertz CT molecular complexity index is 775. The molecule has 0 unspecified atom stereocenters. The molecule has 130 valence electrons. The Kier molecular flexibility index (Phi) is 6.48. The lowest BCUT2D eigenvalue weighted by Gasteiger charge is -2.08. The van der Waals surface area contributed by atoms with Crippen molar-refractivity contribution >= 4 is 17.8 Å². The Labute approximate surface area is 146 Å². The van der Waals surface area contributed by atoms with E-state index in [0.717, 1.165) is 11.1 Å². The van der Waals surface area contributed by atoms with E-state index in [9.17, 15) is 9.59 Å². The maximum atomic E-state index is 12.4. The number of methoxy groups -OCH3 is 3. The number of carbonyl (C=O) groups excluding carboxylic acids is 2. The first kappa shape index (κ1) is 18.4. The maximum Gasteiger partial charge on any atom is 0.337 e. The van der Waals surface area contributed by atoms with Crippen molar-refractivity contribution in [3.05, 3.63) is 70.8 Å². The lowest BCUT2D eigenvalue weighted by atomic mass is 10.0. The second kappa shape index (κ2) is 8.80. The smallest absolute Gasteiger partial charge is 0.337 e. The first-order chi connectivity index (χ1) is 12.1. The summed E-state index contributed by atoms with van der Waals surface area (Å²) in [6, 6.07) is 12.0. The number of ether oxygens (including phenoxy) is 3. The second-order valence-corrected chi connectivity index (χ2v) is 5.27. The predicted octanol–water partition coefficient (Wildman–Crippen LogP) is 3.52. The summed E-state index contributed by atoms with van der Waals surface area (Å²) >= 11 is 0. The fraction of sp³-hybridized carbons (Fsp3) is 0.200. The molecule has 0 amide bonds. The van der Waals surface area contributed by atoms with Crippen LogP contribution in [0, 0.1) is 0 Å². The van der Waals surface area contributed by atoms with Crippen LogP contribution in [0.3, 0.4) is 0 Å². The number of hydrogen-bond acceptors (Lipinski definition) is 5. The third kappa shape index (κ3) is 4.78. The summed E-state index contributed by atoms with van der Waals surface area (Å²) in [6.07, 6.45) is 3.19. The summed E-state index contributed by atoms with van der Waals surface area (Å²) < 4.78 is 15.0. The molecule has 5 nitrogen and oxygen atoms in total. The van der Waals surface area contributed by atoms with Gasteiger partial charge in [0.15, 0.2) is 5.78 Å². The molecule has 2 aromatic carbocycles. The standard InChI is InChI=1S/C20H20O5/c1-23-13-17-12-16(9-11-19(17)24-2)18(21)10-6-14-4-7-15(8-5-14)20(22)25-3/h4-12H,13H2,1-3H3/b10-6+. The molecule has 0 heterocycles. The Balaban J connectivity index is 2.14. The zero-order chi connectivity index (χ0) is 18.2.